The number of aryl methyl sites for hydroxylation is 2. The minimum Gasteiger partial charge on any atom is -0.484 e. The molecule has 1 aromatic rings. The molecular formula is C13H19NO2. The van der Waals surface area contributed by atoms with E-state index in [1.54, 1.807) is 0 Å². The summed E-state index contributed by atoms with van der Waals surface area (Å²) in [6, 6.07) is 3.92. The number of hydrogen-bond donors (Lipinski definition) is 1. The summed E-state index contributed by atoms with van der Waals surface area (Å²) in [4.78, 5) is 11.2. The second kappa shape index (κ2) is 5.54. The molecule has 0 bridgehead atoms. The van der Waals surface area contributed by atoms with Crippen molar-refractivity contribution in [1.29, 1.82) is 0 Å². The largest absolute Gasteiger partial charge is 0.484 e. The highest BCUT2D eigenvalue weighted by molar-refractivity contribution is 5.77. The first-order valence-electron chi connectivity index (χ1n) is 5.52. The van der Waals surface area contributed by atoms with Crippen molar-refractivity contribution in [1.82, 2.24) is 5.32 Å². The van der Waals surface area contributed by atoms with E-state index in [0.717, 1.165) is 5.75 Å². The molecule has 1 aromatic carbocycles. The van der Waals surface area contributed by atoms with Gasteiger partial charge in [0, 0.05) is 6.54 Å². The van der Waals surface area contributed by atoms with Crippen LogP contribution in [-0.4, -0.2) is 19.1 Å². The van der Waals surface area contributed by atoms with E-state index in [4.69, 9.17) is 4.74 Å². The molecule has 1 N–H and O–H groups in total. The van der Waals surface area contributed by atoms with Crippen LogP contribution in [0, 0.1) is 20.8 Å². The maximum absolute atomic E-state index is 11.2. The molecule has 0 aromatic heterocycles. The number of carbonyl (C=O) groups is 1. The lowest BCUT2D eigenvalue weighted by atomic mass is 10.0. The SMILES string of the molecule is CCNC(=O)COc1cc(C)c(C)c(C)c1. The molecule has 3 nitrogen and oxygen atoms in total. The van der Waals surface area contributed by atoms with Crippen molar-refractivity contribution in [3.63, 3.8) is 0 Å². The Morgan fingerprint density at radius 2 is 1.81 bits per heavy atom. The van der Waals surface area contributed by atoms with E-state index >= 15 is 0 Å². The highest BCUT2D eigenvalue weighted by Gasteiger charge is 2.04. The summed E-state index contributed by atoms with van der Waals surface area (Å²) in [5.41, 5.74) is 3.64. The van der Waals surface area contributed by atoms with E-state index in [-0.39, 0.29) is 12.5 Å². The number of benzene rings is 1. The predicted octanol–water partition coefficient (Wildman–Crippen LogP) is 2.13. The van der Waals surface area contributed by atoms with Crippen molar-refractivity contribution in [2.24, 2.45) is 0 Å². The molecule has 0 aliphatic carbocycles. The van der Waals surface area contributed by atoms with Gasteiger partial charge in [-0.3, -0.25) is 4.79 Å². The summed E-state index contributed by atoms with van der Waals surface area (Å²) in [5, 5.41) is 2.69. The molecule has 88 valence electrons. The van der Waals surface area contributed by atoms with Gasteiger partial charge in [0.25, 0.3) is 5.91 Å². The molecule has 0 spiro atoms. The van der Waals surface area contributed by atoms with Crippen LogP contribution in [0.15, 0.2) is 12.1 Å². The maximum Gasteiger partial charge on any atom is 0.257 e. The van der Waals surface area contributed by atoms with Crippen LogP contribution in [0.5, 0.6) is 5.75 Å². The Labute approximate surface area is 96.8 Å². The van der Waals surface area contributed by atoms with Crippen LogP contribution in [-0.2, 0) is 4.79 Å². The van der Waals surface area contributed by atoms with Gasteiger partial charge in [0.05, 0.1) is 0 Å². The number of hydrogen-bond acceptors (Lipinski definition) is 2. The fourth-order valence-electron chi connectivity index (χ4n) is 1.48. The van der Waals surface area contributed by atoms with E-state index in [0.29, 0.717) is 6.54 Å². The van der Waals surface area contributed by atoms with E-state index in [9.17, 15) is 4.79 Å². The number of likely N-dealkylation sites (N-methyl/N-ethyl adjacent to an activating group) is 1. The average molecular weight is 221 g/mol. The Bertz CT molecular complexity index is 363. The molecule has 0 atom stereocenters. The van der Waals surface area contributed by atoms with Crippen LogP contribution in [0.3, 0.4) is 0 Å². The molecule has 0 aliphatic heterocycles. The molecule has 0 unspecified atom stereocenters. The number of nitrogens with one attached hydrogen (secondary N) is 1. The Morgan fingerprint density at radius 1 is 1.25 bits per heavy atom. The molecule has 0 saturated carbocycles. The van der Waals surface area contributed by atoms with Gasteiger partial charge in [0.2, 0.25) is 0 Å². The van der Waals surface area contributed by atoms with Crippen LogP contribution in [0.4, 0.5) is 0 Å². The fourth-order valence-corrected chi connectivity index (χ4v) is 1.48. The van der Waals surface area contributed by atoms with Gasteiger partial charge < -0.3 is 10.1 Å². The van der Waals surface area contributed by atoms with Gasteiger partial charge in [-0.2, -0.15) is 0 Å². The van der Waals surface area contributed by atoms with Crippen molar-refractivity contribution in [2.45, 2.75) is 27.7 Å². The molecule has 0 saturated heterocycles. The summed E-state index contributed by atoms with van der Waals surface area (Å²) in [6.07, 6.45) is 0. The van der Waals surface area contributed by atoms with Crippen LogP contribution in [0.25, 0.3) is 0 Å². The maximum atomic E-state index is 11.2. The molecular weight excluding hydrogens is 202 g/mol. The number of carbonyl (C=O) groups excluding carboxylic acids is 1. The highest BCUT2D eigenvalue weighted by atomic mass is 16.5. The van der Waals surface area contributed by atoms with E-state index in [2.05, 4.69) is 12.2 Å². The topological polar surface area (TPSA) is 38.3 Å². The quantitative estimate of drug-likeness (QED) is 0.845. The zero-order valence-corrected chi connectivity index (χ0v) is 10.4. The second-order valence-electron chi connectivity index (χ2n) is 3.92. The Kier molecular flexibility index (Phi) is 4.35. The summed E-state index contributed by atoms with van der Waals surface area (Å²) < 4.78 is 5.42. The van der Waals surface area contributed by atoms with E-state index in [1.165, 1.54) is 16.7 Å². The van der Waals surface area contributed by atoms with Crippen LogP contribution in [0.1, 0.15) is 23.6 Å². The lowest BCUT2D eigenvalue weighted by molar-refractivity contribution is -0.122. The highest BCUT2D eigenvalue weighted by Crippen LogP contribution is 2.20. The van der Waals surface area contributed by atoms with Crippen molar-refractivity contribution in [2.75, 3.05) is 13.2 Å². The van der Waals surface area contributed by atoms with E-state index in [1.807, 2.05) is 32.9 Å². The Morgan fingerprint density at radius 3 is 2.31 bits per heavy atom. The third kappa shape index (κ3) is 3.26. The van der Waals surface area contributed by atoms with Gasteiger partial charge >= 0.3 is 0 Å². The predicted molar refractivity (Wildman–Crippen MR) is 64.8 cm³/mol. The van der Waals surface area contributed by atoms with Gasteiger partial charge in [-0.15, -0.1) is 0 Å². The summed E-state index contributed by atoms with van der Waals surface area (Å²) >= 11 is 0. The van der Waals surface area contributed by atoms with Crippen LogP contribution >= 0.6 is 0 Å². The molecule has 0 heterocycles. The number of rotatable bonds is 4. The van der Waals surface area contributed by atoms with Gasteiger partial charge in [-0.1, -0.05) is 0 Å². The van der Waals surface area contributed by atoms with Crippen molar-refractivity contribution in [3.8, 4) is 5.75 Å². The van der Waals surface area contributed by atoms with Crippen molar-refractivity contribution < 1.29 is 9.53 Å². The monoisotopic (exact) mass is 221 g/mol. The fraction of sp³-hybridized carbons (Fsp3) is 0.462. The minimum atomic E-state index is -0.0848. The normalized spacial score (nSPS) is 10.0. The zero-order valence-electron chi connectivity index (χ0n) is 10.4. The second-order valence-corrected chi connectivity index (χ2v) is 3.92. The smallest absolute Gasteiger partial charge is 0.257 e. The van der Waals surface area contributed by atoms with Gasteiger partial charge in [0.15, 0.2) is 6.61 Å². The molecule has 0 fully saturated rings. The van der Waals surface area contributed by atoms with Crippen LogP contribution < -0.4 is 10.1 Å². The third-order valence-corrected chi connectivity index (χ3v) is 2.64. The first-order valence-corrected chi connectivity index (χ1v) is 5.52. The summed E-state index contributed by atoms with van der Waals surface area (Å²) in [7, 11) is 0. The van der Waals surface area contributed by atoms with Gasteiger partial charge in [0.1, 0.15) is 5.75 Å². The first-order chi connectivity index (χ1) is 7.54. The number of ether oxygens (including phenoxy) is 1. The minimum absolute atomic E-state index is 0.0791. The molecule has 3 heteroatoms. The number of amides is 1. The Balaban J connectivity index is 2.65. The third-order valence-electron chi connectivity index (χ3n) is 2.64. The average Bonchev–Trinajstić information content (AvgIpc) is 2.23. The molecule has 1 amide bonds. The molecule has 1 rings (SSSR count). The van der Waals surface area contributed by atoms with Crippen LogP contribution in [0.2, 0.25) is 0 Å². The Hall–Kier alpha value is -1.51. The lowest BCUT2D eigenvalue weighted by Crippen LogP contribution is -2.28. The summed E-state index contributed by atoms with van der Waals surface area (Å²) in [5.74, 6) is 0.672. The zero-order chi connectivity index (χ0) is 12.1. The molecule has 16 heavy (non-hydrogen) atoms. The van der Waals surface area contributed by atoms with Crippen molar-refractivity contribution >= 4 is 5.91 Å². The lowest BCUT2D eigenvalue weighted by Gasteiger charge is -2.10. The molecule has 0 radical (unpaired) electrons. The first kappa shape index (κ1) is 12.6. The van der Waals surface area contributed by atoms with Gasteiger partial charge in [-0.05, 0) is 56.5 Å². The van der Waals surface area contributed by atoms with Crippen molar-refractivity contribution in [3.05, 3.63) is 28.8 Å². The van der Waals surface area contributed by atoms with E-state index < -0.39 is 0 Å². The molecule has 0 aliphatic rings. The van der Waals surface area contributed by atoms with Gasteiger partial charge in [-0.25, -0.2) is 0 Å². The standard InChI is InChI=1S/C13H19NO2/c1-5-14-13(15)8-16-12-6-9(2)11(4)10(3)7-12/h6-7H,5,8H2,1-4H3,(H,14,15). The summed E-state index contributed by atoms with van der Waals surface area (Å²) in [6.45, 7) is 8.77.